The Bertz CT molecular complexity index is 1080. The van der Waals surface area contributed by atoms with Gasteiger partial charge in [-0.1, -0.05) is 36.4 Å². The normalized spacial score (nSPS) is 15.5. The van der Waals surface area contributed by atoms with Gasteiger partial charge in [-0.15, -0.1) is 0 Å². The highest BCUT2D eigenvalue weighted by Crippen LogP contribution is 2.25. The summed E-state index contributed by atoms with van der Waals surface area (Å²) in [6.07, 6.45) is 2.18. The molecule has 1 unspecified atom stereocenters. The van der Waals surface area contributed by atoms with Gasteiger partial charge in [0, 0.05) is 38.4 Å². The molecule has 0 radical (unpaired) electrons. The summed E-state index contributed by atoms with van der Waals surface area (Å²) in [4.78, 5) is 47.2. The van der Waals surface area contributed by atoms with E-state index in [0.29, 0.717) is 13.1 Å². The van der Waals surface area contributed by atoms with Crippen LogP contribution in [-0.2, 0) is 14.4 Å². The summed E-state index contributed by atoms with van der Waals surface area (Å²) in [5.41, 5.74) is 11.4. The van der Waals surface area contributed by atoms with Crippen molar-refractivity contribution >= 4 is 41.1 Å². The van der Waals surface area contributed by atoms with E-state index in [0.717, 1.165) is 6.21 Å². The van der Waals surface area contributed by atoms with Crippen molar-refractivity contribution in [2.24, 2.45) is 5.41 Å². The first-order valence-corrected chi connectivity index (χ1v) is 12.0. The van der Waals surface area contributed by atoms with Crippen LogP contribution in [0.1, 0.15) is 26.3 Å². The van der Waals surface area contributed by atoms with Gasteiger partial charge in [0.25, 0.3) is 0 Å². The van der Waals surface area contributed by atoms with E-state index in [4.69, 9.17) is 16.9 Å². The van der Waals surface area contributed by atoms with Crippen LogP contribution in [0.4, 0.5) is 17.2 Å². The molecular weight excluding hydrogens is 472 g/mol. The number of nitrogens with zero attached hydrogens (tertiary/aromatic N) is 4. The zero-order valence-electron chi connectivity index (χ0n) is 22.2. The second-order valence-corrected chi connectivity index (χ2v) is 9.86. The minimum Gasteiger partial charge on any atom is -0.396 e. The molecule has 11 heteroatoms. The van der Waals surface area contributed by atoms with Crippen LogP contribution in [0.25, 0.3) is 0 Å². The molecule has 0 aliphatic carbocycles. The van der Waals surface area contributed by atoms with Crippen LogP contribution in [0.15, 0.2) is 42.6 Å². The van der Waals surface area contributed by atoms with Gasteiger partial charge in [-0.25, -0.2) is 4.98 Å². The summed E-state index contributed by atoms with van der Waals surface area (Å²) in [6.45, 7) is 7.12. The lowest BCUT2D eigenvalue weighted by Gasteiger charge is -2.43. The Morgan fingerprint density at radius 3 is 2.19 bits per heavy atom. The highest BCUT2D eigenvalue weighted by Gasteiger charge is 2.38. The fourth-order valence-electron chi connectivity index (χ4n) is 4.20. The van der Waals surface area contributed by atoms with Crippen LogP contribution in [0.2, 0.25) is 0 Å². The fourth-order valence-corrected chi connectivity index (χ4v) is 4.20. The number of pyridine rings is 1. The second-order valence-electron chi connectivity index (χ2n) is 9.86. The molecule has 2 heterocycles. The van der Waals surface area contributed by atoms with Crippen molar-refractivity contribution in [3.63, 3.8) is 0 Å². The zero-order chi connectivity index (χ0) is 27.8. The number of nitrogens with one attached hydrogen (secondary N) is 2. The Labute approximate surface area is 218 Å². The summed E-state index contributed by atoms with van der Waals surface area (Å²) in [5, 5.41) is 9.80. The van der Waals surface area contributed by atoms with E-state index in [9.17, 15) is 14.4 Å². The molecule has 1 aromatic heterocycles. The number of benzene rings is 1. The molecule has 2 aromatic rings. The predicted molar refractivity (Wildman–Crippen MR) is 146 cm³/mol. The molecule has 3 rings (SSSR count). The number of carbonyl (C=O) groups excluding carboxylic acids is 3. The van der Waals surface area contributed by atoms with Crippen molar-refractivity contribution < 1.29 is 14.4 Å². The molecule has 0 bridgehead atoms. The van der Waals surface area contributed by atoms with Crippen molar-refractivity contribution in [3.8, 4) is 0 Å². The minimum absolute atomic E-state index is 0.0187. The fraction of sp³-hybridized carbons (Fsp3) is 0.423. The van der Waals surface area contributed by atoms with Crippen LogP contribution < -0.4 is 16.8 Å². The summed E-state index contributed by atoms with van der Waals surface area (Å²) < 4.78 is 0. The lowest BCUT2D eigenvalue weighted by Crippen LogP contribution is -2.60. The van der Waals surface area contributed by atoms with E-state index < -0.39 is 17.2 Å². The second kappa shape index (κ2) is 12.8. The van der Waals surface area contributed by atoms with Gasteiger partial charge in [-0.2, -0.15) is 0 Å². The number of hydrogen-bond donors (Lipinski definition) is 4. The Hall–Kier alpha value is -3.99. The third-order valence-corrected chi connectivity index (χ3v) is 5.91. The molecule has 6 N–H and O–H groups in total. The SMILES string of the molecule is CC1CN(C(=O)C(=O)Nc2cnc(N)c(C=N)c2N)CCN1C(=O)C(C)(C)CN(C)C.c1ccccc1. The van der Waals surface area contributed by atoms with Gasteiger partial charge >= 0.3 is 11.8 Å². The molecule has 37 heavy (non-hydrogen) atoms. The molecule has 1 aliphatic rings. The number of carbonyl (C=O) groups is 3. The van der Waals surface area contributed by atoms with E-state index in [2.05, 4.69) is 10.3 Å². The molecule has 0 spiro atoms. The van der Waals surface area contributed by atoms with Crippen LogP contribution in [-0.4, -0.2) is 89.9 Å². The molecule has 1 aliphatic heterocycles. The summed E-state index contributed by atoms with van der Waals surface area (Å²) in [6, 6.07) is 11.8. The quantitative estimate of drug-likeness (QED) is 0.350. The van der Waals surface area contributed by atoms with Crippen molar-refractivity contribution in [3.05, 3.63) is 48.2 Å². The molecule has 0 saturated carbocycles. The lowest BCUT2D eigenvalue weighted by molar-refractivity contribution is -0.151. The molecule has 1 fully saturated rings. The zero-order valence-corrected chi connectivity index (χ0v) is 22.2. The van der Waals surface area contributed by atoms with E-state index in [1.807, 2.05) is 76.2 Å². The van der Waals surface area contributed by atoms with Gasteiger partial charge in [0.05, 0.1) is 28.6 Å². The van der Waals surface area contributed by atoms with E-state index in [-0.39, 0.29) is 47.8 Å². The average Bonchev–Trinajstić information content (AvgIpc) is 2.85. The predicted octanol–water partition coefficient (Wildman–Crippen LogP) is 1.52. The largest absolute Gasteiger partial charge is 0.396 e. The van der Waals surface area contributed by atoms with Crippen LogP contribution in [0, 0.1) is 10.8 Å². The van der Waals surface area contributed by atoms with E-state index in [1.54, 1.807) is 4.90 Å². The maximum Gasteiger partial charge on any atom is 0.314 e. The van der Waals surface area contributed by atoms with Crippen LogP contribution >= 0.6 is 0 Å². The number of amides is 3. The number of nitrogens with two attached hydrogens (primary N) is 2. The first kappa shape index (κ1) is 29.2. The first-order valence-electron chi connectivity index (χ1n) is 12.0. The monoisotopic (exact) mass is 510 g/mol. The number of piperazine rings is 1. The third kappa shape index (κ3) is 7.74. The van der Waals surface area contributed by atoms with Crippen molar-refractivity contribution in [2.45, 2.75) is 26.8 Å². The number of aromatic nitrogens is 1. The summed E-state index contributed by atoms with van der Waals surface area (Å²) in [7, 11) is 3.84. The standard InChI is InChI=1S/C20H32N8O3.C6H6/c1-12-10-27(6-7-28(12)19(31)20(2,3)11-26(4)5)18(30)17(29)25-14-9-24-16(23)13(8-21)15(14)22;1-2-4-6-5-3-1/h8-9,12,21H,6-7,10-11H2,1-5H3,(H,25,29)(H4,22,23,24);1-6H. The smallest absolute Gasteiger partial charge is 0.314 e. The Morgan fingerprint density at radius 2 is 1.70 bits per heavy atom. The minimum atomic E-state index is -0.867. The summed E-state index contributed by atoms with van der Waals surface area (Å²) >= 11 is 0. The Kier molecular flexibility index (Phi) is 10.1. The van der Waals surface area contributed by atoms with Gasteiger partial charge < -0.3 is 36.9 Å². The highest BCUT2D eigenvalue weighted by atomic mass is 16.2. The van der Waals surface area contributed by atoms with Gasteiger partial charge in [-0.05, 0) is 34.9 Å². The third-order valence-electron chi connectivity index (χ3n) is 5.91. The van der Waals surface area contributed by atoms with Crippen LogP contribution in [0.5, 0.6) is 0 Å². The topological polar surface area (TPSA) is 162 Å². The Morgan fingerprint density at radius 1 is 1.14 bits per heavy atom. The average molecular weight is 511 g/mol. The molecule has 1 saturated heterocycles. The maximum atomic E-state index is 13.0. The van der Waals surface area contributed by atoms with Gasteiger partial charge in [0.2, 0.25) is 5.91 Å². The number of rotatable bonds is 5. The molecule has 11 nitrogen and oxygen atoms in total. The molecule has 1 aromatic carbocycles. The van der Waals surface area contributed by atoms with Gasteiger partial charge in [-0.3, -0.25) is 14.4 Å². The number of nitrogen functional groups attached to an aromatic ring is 2. The van der Waals surface area contributed by atoms with E-state index >= 15 is 0 Å². The maximum absolute atomic E-state index is 13.0. The number of hydrogen-bond acceptors (Lipinski definition) is 8. The van der Waals surface area contributed by atoms with E-state index in [1.165, 1.54) is 11.1 Å². The molecule has 3 amide bonds. The Balaban J connectivity index is 0.000000700. The lowest BCUT2D eigenvalue weighted by atomic mass is 9.90. The first-order chi connectivity index (χ1) is 17.4. The van der Waals surface area contributed by atoms with Crippen molar-refractivity contribution in [1.82, 2.24) is 19.7 Å². The van der Waals surface area contributed by atoms with Crippen molar-refractivity contribution in [1.29, 1.82) is 5.41 Å². The molecule has 1 atom stereocenters. The highest BCUT2D eigenvalue weighted by molar-refractivity contribution is 6.40. The van der Waals surface area contributed by atoms with Crippen molar-refractivity contribution in [2.75, 3.05) is 57.1 Å². The molecular formula is C26H38N8O3. The molecule has 200 valence electrons. The van der Waals surface area contributed by atoms with Gasteiger partial charge in [0.15, 0.2) is 0 Å². The van der Waals surface area contributed by atoms with Crippen LogP contribution in [0.3, 0.4) is 0 Å². The summed E-state index contributed by atoms with van der Waals surface area (Å²) in [5.74, 6) is -1.51. The van der Waals surface area contributed by atoms with Gasteiger partial charge in [0.1, 0.15) is 5.82 Å². The number of anilines is 3.